The van der Waals surface area contributed by atoms with Gasteiger partial charge in [0, 0.05) is 18.0 Å². The van der Waals surface area contributed by atoms with Crippen molar-refractivity contribution in [2.24, 2.45) is 5.92 Å². The Morgan fingerprint density at radius 1 is 1.28 bits per heavy atom. The maximum Gasteiger partial charge on any atom is 0.257 e. The van der Waals surface area contributed by atoms with Crippen molar-refractivity contribution < 1.29 is 14.6 Å². The highest BCUT2D eigenvalue weighted by atomic mass is 32.1. The third-order valence-corrected chi connectivity index (χ3v) is 5.63. The summed E-state index contributed by atoms with van der Waals surface area (Å²) in [5, 5.41) is 12.5. The highest BCUT2D eigenvalue weighted by molar-refractivity contribution is 7.10. The quantitative estimate of drug-likeness (QED) is 0.844. The van der Waals surface area contributed by atoms with Crippen LogP contribution in [0.15, 0.2) is 41.8 Å². The number of benzene rings is 1. The molecule has 1 aromatic carbocycles. The van der Waals surface area contributed by atoms with Gasteiger partial charge in [0.05, 0.1) is 18.3 Å². The number of thiophene rings is 1. The maximum atomic E-state index is 12.9. The van der Waals surface area contributed by atoms with Gasteiger partial charge in [-0.2, -0.15) is 0 Å². The molecular weight excluding hydrogens is 334 g/mol. The van der Waals surface area contributed by atoms with E-state index in [9.17, 15) is 9.90 Å². The number of rotatable bonds is 6. The summed E-state index contributed by atoms with van der Waals surface area (Å²) < 4.78 is 5.72. The Balaban J connectivity index is 1.62. The third-order valence-electron chi connectivity index (χ3n) is 4.69. The first-order valence-electron chi connectivity index (χ1n) is 8.93. The molecule has 0 aliphatic carbocycles. The zero-order valence-corrected chi connectivity index (χ0v) is 15.4. The minimum Gasteiger partial charge on any atom is -0.493 e. The van der Waals surface area contributed by atoms with Gasteiger partial charge in [0.1, 0.15) is 5.75 Å². The van der Waals surface area contributed by atoms with E-state index < -0.39 is 6.10 Å². The van der Waals surface area contributed by atoms with Crippen LogP contribution in [-0.4, -0.2) is 35.6 Å². The van der Waals surface area contributed by atoms with E-state index in [1.165, 1.54) is 0 Å². The Kier molecular flexibility index (Phi) is 6.10. The smallest absolute Gasteiger partial charge is 0.257 e. The van der Waals surface area contributed by atoms with Gasteiger partial charge in [-0.1, -0.05) is 25.1 Å². The Labute approximate surface area is 153 Å². The van der Waals surface area contributed by atoms with E-state index in [4.69, 9.17) is 4.74 Å². The third kappa shape index (κ3) is 4.22. The second kappa shape index (κ2) is 8.50. The lowest BCUT2D eigenvalue weighted by atomic mass is 9.90. The molecule has 134 valence electrons. The van der Waals surface area contributed by atoms with E-state index in [2.05, 4.69) is 0 Å². The maximum absolute atomic E-state index is 12.9. The van der Waals surface area contributed by atoms with Gasteiger partial charge in [0.2, 0.25) is 0 Å². The fraction of sp³-hybridized carbons (Fsp3) is 0.450. The van der Waals surface area contributed by atoms with Crippen molar-refractivity contribution >= 4 is 17.2 Å². The highest BCUT2D eigenvalue weighted by Gasteiger charge is 2.29. The lowest BCUT2D eigenvalue weighted by molar-refractivity contribution is 0.0471. The van der Waals surface area contributed by atoms with Crippen LogP contribution in [-0.2, 0) is 0 Å². The van der Waals surface area contributed by atoms with Gasteiger partial charge in [-0.05, 0) is 48.8 Å². The van der Waals surface area contributed by atoms with Gasteiger partial charge >= 0.3 is 0 Å². The summed E-state index contributed by atoms with van der Waals surface area (Å²) in [6.45, 7) is 4.01. The first-order valence-corrected chi connectivity index (χ1v) is 9.81. The molecule has 2 heterocycles. The molecule has 3 rings (SSSR count). The molecule has 1 aliphatic rings. The summed E-state index contributed by atoms with van der Waals surface area (Å²) in [6, 6.07) is 11.4. The molecule has 1 aliphatic heterocycles. The summed E-state index contributed by atoms with van der Waals surface area (Å²) in [4.78, 5) is 15.8. The first-order chi connectivity index (χ1) is 12.2. The van der Waals surface area contributed by atoms with Crippen LogP contribution in [0, 0.1) is 5.92 Å². The van der Waals surface area contributed by atoms with E-state index >= 15 is 0 Å². The highest BCUT2D eigenvalue weighted by Crippen LogP contribution is 2.33. The SMILES string of the molecule is CCCOc1ccccc1C(=O)N1CCC(C(O)c2cccs2)CC1. The average molecular weight is 359 g/mol. The number of hydrogen-bond acceptors (Lipinski definition) is 4. The number of carbonyl (C=O) groups excluding carboxylic acids is 1. The molecule has 0 saturated carbocycles. The predicted molar refractivity (Wildman–Crippen MR) is 100 cm³/mol. The van der Waals surface area contributed by atoms with E-state index in [-0.39, 0.29) is 11.8 Å². The Hall–Kier alpha value is -1.85. The number of carbonyl (C=O) groups is 1. The van der Waals surface area contributed by atoms with Crippen LogP contribution >= 0.6 is 11.3 Å². The van der Waals surface area contributed by atoms with Gasteiger partial charge in [0.15, 0.2) is 0 Å². The number of nitrogens with zero attached hydrogens (tertiary/aromatic N) is 1. The van der Waals surface area contributed by atoms with E-state index in [1.54, 1.807) is 11.3 Å². The number of para-hydroxylation sites is 1. The van der Waals surface area contributed by atoms with E-state index in [1.807, 2.05) is 53.6 Å². The number of amides is 1. The molecule has 1 N–H and O–H groups in total. The molecule has 25 heavy (non-hydrogen) atoms. The fourth-order valence-corrected chi connectivity index (χ4v) is 4.06. The van der Waals surface area contributed by atoms with Gasteiger partial charge in [0.25, 0.3) is 5.91 Å². The molecule has 1 amide bonds. The minimum absolute atomic E-state index is 0.0239. The molecule has 0 radical (unpaired) electrons. The Bertz CT molecular complexity index is 678. The van der Waals surface area contributed by atoms with Crippen LogP contribution < -0.4 is 4.74 Å². The summed E-state index contributed by atoms with van der Waals surface area (Å²) in [5.41, 5.74) is 0.633. The summed E-state index contributed by atoms with van der Waals surface area (Å²) in [5.74, 6) is 0.903. The van der Waals surface area contributed by atoms with Gasteiger partial charge in [-0.25, -0.2) is 0 Å². The molecule has 2 aromatic rings. The zero-order chi connectivity index (χ0) is 17.6. The monoisotopic (exact) mass is 359 g/mol. The summed E-state index contributed by atoms with van der Waals surface area (Å²) in [6.07, 6.45) is 2.14. The van der Waals surface area contributed by atoms with Crippen molar-refractivity contribution in [2.75, 3.05) is 19.7 Å². The number of aliphatic hydroxyl groups excluding tert-OH is 1. The molecule has 1 atom stereocenters. The second-order valence-corrected chi connectivity index (χ2v) is 7.41. The average Bonchev–Trinajstić information content (AvgIpc) is 3.20. The van der Waals surface area contributed by atoms with Crippen LogP contribution in [0.1, 0.15) is 47.5 Å². The molecule has 4 nitrogen and oxygen atoms in total. The van der Waals surface area contributed by atoms with Crippen LogP contribution in [0.5, 0.6) is 5.75 Å². The summed E-state index contributed by atoms with van der Waals surface area (Å²) in [7, 11) is 0. The summed E-state index contributed by atoms with van der Waals surface area (Å²) >= 11 is 1.59. The topological polar surface area (TPSA) is 49.8 Å². The van der Waals surface area contributed by atoms with Crippen LogP contribution in [0.3, 0.4) is 0 Å². The molecule has 1 fully saturated rings. The van der Waals surface area contributed by atoms with Crippen molar-refractivity contribution in [3.8, 4) is 5.75 Å². The lowest BCUT2D eigenvalue weighted by Crippen LogP contribution is -2.39. The molecule has 5 heteroatoms. The van der Waals surface area contributed by atoms with Crippen molar-refractivity contribution in [3.05, 3.63) is 52.2 Å². The molecular formula is C20H25NO3S. The second-order valence-electron chi connectivity index (χ2n) is 6.43. The number of ether oxygens (including phenoxy) is 1. The largest absolute Gasteiger partial charge is 0.493 e. The van der Waals surface area contributed by atoms with Crippen molar-refractivity contribution in [2.45, 2.75) is 32.3 Å². The van der Waals surface area contributed by atoms with Gasteiger partial charge < -0.3 is 14.7 Å². The number of piperidine rings is 1. The van der Waals surface area contributed by atoms with E-state index in [0.29, 0.717) is 31.0 Å². The Morgan fingerprint density at radius 3 is 2.72 bits per heavy atom. The molecule has 1 unspecified atom stereocenters. The van der Waals surface area contributed by atoms with E-state index in [0.717, 1.165) is 24.1 Å². The van der Waals surface area contributed by atoms with Crippen LogP contribution in [0.2, 0.25) is 0 Å². The number of aliphatic hydroxyl groups is 1. The first kappa shape index (κ1) is 18.0. The normalized spacial score (nSPS) is 16.6. The van der Waals surface area contributed by atoms with Gasteiger partial charge in [-0.3, -0.25) is 4.79 Å². The standard InChI is InChI=1S/C20H25NO3S/c1-2-13-24-17-7-4-3-6-16(17)20(23)21-11-9-15(10-12-21)19(22)18-8-5-14-25-18/h3-8,14-15,19,22H,2,9-13H2,1H3. The van der Waals surface area contributed by atoms with Gasteiger partial charge in [-0.15, -0.1) is 11.3 Å². The molecule has 0 bridgehead atoms. The number of likely N-dealkylation sites (tertiary alicyclic amines) is 1. The van der Waals surface area contributed by atoms with Crippen molar-refractivity contribution in [1.29, 1.82) is 0 Å². The van der Waals surface area contributed by atoms with Crippen molar-refractivity contribution in [1.82, 2.24) is 4.90 Å². The predicted octanol–water partition coefficient (Wildman–Crippen LogP) is 4.12. The molecule has 1 aromatic heterocycles. The Morgan fingerprint density at radius 2 is 2.04 bits per heavy atom. The van der Waals surface area contributed by atoms with Crippen LogP contribution in [0.25, 0.3) is 0 Å². The van der Waals surface area contributed by atoms with Crippen LogP contribution in [0.4, 0.5) is 0 Å². The zero-order valence-electron chi connectivity index (χ0n) is 14.6. The molecule has 1 saturated heterocycles. The molecule has 0 spiro atoms. The fourth-order valence-electron chi connectivity index (χ4n) is 3.26. The lowest BCUT2D eigenvalue weighted by Gasteiger charge is -2.34. The minimum atomic E-state index is -0.419. The number of hydrogen-bond donors (Lipinski definition) is 1. The van der Waals surface area contributed by atoms with Crippen molar-refractivity contribution in [3.63, 3.8) is 0 Å².